The molecule has 2 aromatic carbocycles. The first-order chi connectivity index (χ1) is 14.2. The van der Waals surface area contributed by atoms with E-state index in [0.717, 1.165) is 22.6 Å². The molecule has 0 radical (unpaired) electrons. The molecule has 1 amide bonds. The number of amides is 1. The Balaban J connectivity index is 1.59. The van der Waals surface area contributed by atoms with Gasteiger partial charge in [-0.2, -0.15) is 0 Å². The molecule has 5 nitrogen and oxygen atoms in total. The predicted molar refractivity (Wildman–Crippen MR) is 111 cm³/mol. The van der Waals surface area contributed by atoms with Crippen molar-refractivity contribution in [1.82, 2.24) is 9.38 Å². The molecule has 29 heavy (non-hydrogen) atoms. The number of rotatable bonds is 6. The molecule has 0 aliphatic rings. The maximum absolute atomic E-state index is 13.3. The number of carbonyl (C=O) groups is 1. The average molecular weight is 389 g/mol. The SMILES string of the molecule is COc1ccccc1NC(=O)CCc1c(-c2ccc(F)cc2)nc2ccccn12. The van der Waals surface area contributed by atoms with Crippen LogP contribution in [-0.2, 0) is 11.2 Å². The highest BCUT2D eigenvalue weighted by molar-refractivity contribution is 5.92. The van der Waals surface area contributed by atoms with E-state index >= 15 is 0 Å². The predicted octanol–water partition coefficient (Wildman–Crippen LogP) is 4.72. The van der Waals surface area contributed by atoms with Gasteiger partial charge in [0, 0.05) is 18.2 Å². The van der Waals surface area contributed by atoms with Gasteiger partial charge in [0.2, 0.25) is 5.91 Å². The molecule has 0 saturated heterocycles. The Morgan fingerprint density at radius 3 is 2.62 bits per heavy atom. The van der Waals surface area contributed by atoms with Crippen molar-refractivity contribution in [1.29, 1.82) is 0 Å². The molecule has 0 aliphatic heterocycles. The van der Waals surface area contributed by atoms with Crippen LogP contribution in [0.1, 0.15) is 12.1 Å². The number of halogens is 1. The van der Waals surface area contributed by atoms with Gasteiger partial charge in [-0.25, -0.2) is 9.37 Å². The number of pyridine rings is 1. The lowest BCUT2D eigenvalue weighted by atomic mass is 10.1. The van der Waals surface area contributed by atoms with Crippen molar-refractivity contribution in [3.63, 3.8) is 0 Å². The van der Waals surface area contributed by atoms with Crippen molar-refractivity contribution in [3.05, 3.63) is 84.4 Å². The first-order valence-electron chi connectivity index (χ1n) is 9.30. The normalized spacial score (nSPS) is 10.8. The summed E-state index contributed by atoms with van der Waals surface area (Å²) >= 11 is 0. The maximum atomic E-state index is 13.3. The molecule has 0 aliphatic carbocycles. The van der Waals surface area contributed by atoms with Crippen LogP contribution in [0, 0.1) is 5.82 Å². The van der Waals surface area contributed by atoms with Crippen LogP contribution < -0.4 is 10.1 Å². The van der Waals surface area contributed by atoms with Crippen molar-refractivity contribution in [2.45, 2.75) is 12.8 Å². The van der Waals surface area contributed by atoms with Gasteiger partial charge in [0.15, 0.2) is 0 Å². The summed E-state index contributed by atoms with van der Waals surface area (Å²) in [6.45, 7) is 0. The number of hydrogen-bond acceptors (Lipinski definition) is 3. The third-order valence-corrected chi connectivity index (χ3v) is 4.72. The number of aromatic nitrogens is 2. The summed E-state index contributed by atoms with van der Waals surface area (Å²) in [5.74, 6) is 0.198. The number of anilines is 1. The van der Waals surface area contributed by atoms with Gasteiger partial charge in [-0.15, -0.1) is 0 Å². The standard InChI is InChI=1S/C23H20FN3O2/c1-29-20-7-3-2-6-18(20)25-22(28)14-13-19-23(16-9-11-17(24)12-10-16)26-21-8-4-5-15-27(19)21/h2-12,15H,13-14H2,1H3,(H,25,28). The Bertz CT molecular complexity index is 1150. The van der Waals surface area contributed by atoms with Gasteiger partial charge < -0.3 is 14.5 Å². The molecule has 0 unspecified atom stereocenters. The van der Waals surface area contributed by atoms with Crippen LogP contribution in [0.15, 0.2) is 72.9 Å². The van der Waals surface area contributed by atoms with E-state index in [1.807, 2.05) is 40.9 Å². The van der Waals surface area contributed by atoms with Crippen molar-refractivity contribution >= 4 is 17.2 Å². The molecule has 2 heterocycles. The molecule has 0 saturated carbocycles. The number of nitrogens with zero attached hydrogens (tertiary/aromatic N) is 2. The Hall–Kier alpha value is -3.67. The molecular formula is C23H20FN3O2. The molecule has 0 bridgehead atoms. The third kappa shape index (κ3) is 3.96. The minimum Gasteiger partial charge on any atom is -0.495 e. The highest BCUT2D eigenvalue weighted by atomic mass is 19.1. The lowest BCUT2D eigenvalue weighted by Gasteiger charge is -2.10. The van der Waals surface area contributed by atoms with E-state index in [2.05, 4.69) is 5.32 Å². The zero-order chi connectivity index (χ0) is 20.2. The van der Waals surface area contributed by atoms with Crippen molar-refractivity contribution < 1.29 is 13.9 Å². The molecule has 2 aromatic heterocycles. The number of hydrogen-bond donors (Lipinski definition) is 1. The summed E-state index contributed by atoms with van der Waals surface area (Å²) in [4.78, 5) is 17.2. The van der Waals surface area contributed by atoms with Gasteiger partial charge in [-0.1, -0.05) is 18.2 Å². The molecule has 4 aromatic rings. The van der Waals surface area contributed by atoms with E-state index < -0.39 is 0 Å². The van der Waals surface area contributed by atoms with Crippen molar-refractivity contribution in [2.24, 2.45) is 0 Å². The highest BCUT2D eigenvalue weighted by Gasteiger charge is 2.16. The van der Waals surface area contributed by atoms with E-state index in [9.17, 15) is 9.18 Å². The lowest BCUT2D eigenvalue weighted by Crippen LogP contribution is -2.13. The number of fused-ring (bicyclic) bond motifs is 1. The molecule has 1 N–H and O–H groups in total. The second-order valence-corrected chi connectivity index (χ2v) is 6.59. The molecule has 0 fully saturated rings. The summed E-state index contributed by atoms with van der Waals surface area (Å²) in [5.41, 5.74) is 3.89. The molecule has 4 rings (SSSR count). The fourth-order valence-electron chi connectivity index (χ4n) is 3.32. The summed E-state index contributed by atoms with van der Waals surface area (Å²) in [6.07, 6.45) is 2.68. The molecule has 0 spiro atoms. The summed E-state index contributed by atoms with van der Waals surface area (Å²) in [7, 11) is 1.57. The van der Waals surface area contributed by atoms with Crippen LogP contribution in [0.4, 0.5) is 10.1 Å². The van der Waals surface area contributed by atoms with Gasteiger partial charge in [0.05, 0.1) is 24.2 Å². The lowest BCUT2D eigenvalue weighted by molar-refractivity contribution is -0.116. The largest absolute Gasteiger partial charge is 0.495 e. The van der Waals surface area contributed by atoms with Gasteiger partial charge >= 0.3 is 0 Å². The number of para-hydroxylation sites is 2. The van der Waals surface area contributed by atoms with Crippen molar-refractivity contribution in [3.8, 4) is 17.0 Å². The quantitative estimate of drug-likeness (QED) is 0.519. The molecular weight excluding hydrogens is 369 g/mol. The molecule has 0 atom stereocenters. The van der Waals surface area contributed by atoms with Gasteiger partial charge in [0.1, 0.15) is 17.2 Å². The minimum atomic E-state index is -0.296. The number of aryl methyl sites for hydroxylation is 1. The van der Waals surface area contributed by atoms with Gasteiger partial charge in [0.25, 0.3) is 0 Å². The monoisotopic (exact) mass is 389 g/mol. The second-order valence-electron chi connectivity index (χ2n) is 6.59. The van der Waals surface area contributed by atoms with Crippen LogP contribution in [0.2, 0.25) is 0 Å². The average Bonchev–Trinajstić information content (AvgIpc) is 3.12. The summed E-state index contributed by atoms with van der Waals surface area (Å²) in [6, 6.07) is 19.3. The zero-order valence-electron chi connectivity index (χ0n) is 15.9. The minimum absolute atomic E-state index is 0.120. The number of methoxy groups -OCH3 is 1. The highest BCUT2D eigenvalue weighted by Crippen LogP contribution is 2.27. The summed E-state index contributed by atoms with van der Waals surface area (Å²) < 4.78 is 20.6. The van der Waals surface area contributed by atoms with Gasteiger partial charge in [-0.05, 0) is 55.0 Å². The van der Waals surface area contributed by atoms with Crippen LogP contribution in [0.5, 0.6) is 5.75 Å². The van der Waals surface area contributed by atoms with Crippen molar-refractivity contribution in [2.75, 3.05) is 12.4 Å². The zero-order valence-corrected chi connectivity index (χ0v) is 15.9. The first kappa shape index (κ1) is 18.7. The Kier molecular flexibility index (Phi) is 5.24. The smallest absolute Gasteiger partial charge is 0.224 e. The topological polar surface area (TPSA) is 55.6 Å². The van der Waals surface area contributed by atoms with E-state index in [1.165, 1.54) is 12.1 Å². The Morgan fingerprint density at radius 1 is 1.07 bits per heavy atom. The third-order valence-electron chi connectivity index (χ3n) is 4.72. The van der Waals surface area contributed by atoms with Gasteiger partial charge in [-0.3, -0.25) is 4.79 Å². The summed E-state index contributed by atoms with van der Waals surface area (Å²) in [5, 5.41) is 2.90. The molecule has 6 heteroatoms. The molecule has 146 valence electrons. The Labute approximate surface area is 167 Å². The van der Waals surface area contributed by atoms with E-state index in [-0.39, 0.29) is 18.1 Å². The number of carbonyl (C=O) groups excluding carboxylic acids is 1. The Morgan fingerprint density at radius 2 is 1.83 bits per heavy atom. The maximum Gasteiger partial charge on any atom is 0.224 e. The fraction of sp³-hybridized carbons (Fsp3) is 0.130. The fourth-order valence-corrected chi connectivity index (χ4v) is 3.32. The van der Waals surface area contributed by atoms with Crippen LogP contribution in [0.3, 0.4) is 0 Å². The number of ether oxygens (including phenoxy) is 1. The van der Waals surface area contributed by atoms with E-state index in [1.54, 1.807) is 31.4 Å². The van der Waals surface area contributed by atoms with Crippen LogP contribution in [0.25, 0.3) is 16.9 Å². The number of benzene rings is 2. The number of imidazole rings is 1. The first-order valence-corrected chi connectivity index (χ1v) is 9.30. The van der Waals surface area contributed by atoms with Crippen LogP contribution in [-0.4, -0.2) is 22.4 Å². The number of nitrogens with one attached hydrogen (secondary N) is 1. The second kappa shape index (κ2) is 8.14. The van der Waals surface area contributed by atoms with E-state index in [0.29, 0.717) is 17.9 Å². The van der Waals surface area contributed by atoms with Crippen LogP contribution >= 0.6 is 0 Å². The van der Waals surface area contributed by atoms with E-state index in [4.69, 9.17) is 9.72 Å².